The van der Waals surface area contributed by atoms with Gasteiger partial charge < -0.3 is 19.2 Å². The Hall–Kier alpha value is -2.54. The molecule has 1 heterocycles. The van der Waals surface area contributed by atoms with Crippen LogP contribution in [0, 0.1) is 0 Å². The van der Waals surface area contributed by atoms with Crippen LogP contribution in [0.2, 0.25) is 5.02 Å². The molecule has 0 saturated heterocycles. The number of hydrogen-bond donors (Lipinski definition) is 1. The normalized spacial score (nSPS) is 14.8. The Kier molecular flexibility index (Phi) is 5.89. The van der Waals surface area contributed by atoms with Gasteiger partial charge in [-0.05, 0) is 65.0 Å². The summed E-state index contributed by atoms with van der Waals surface area (Å²) >= 11 is 6.32. The average Bonchev–Trinajstić information content (AvgIpc) is 2.61. The molecule has 1 aliphatic carbocycles. The van der Waals surface area contributed by atoms with Gasteiger partial charge in [-0.2, -0.15) is 0 Å². The van der Waals surface area contributed by atoms with E-state index in [0.717, 1.165) is 30.2 Å². The average molecular weight is 422 g/mol. The Morgan fingerprint density at radius 2 is 1.83 bits per heavy atom. The van der Waals surface area contributed by atoms with Crippen molar-refractivity contribution in [1.82, 2.24) is 5.32 Å². The maximum atomic E-state index is 12.4. The van der Waals surface area contributed by atoms with E-state index in [1.165, 1.54) is 13.0 Å². The topological polar surface area (TPSA) is 94.8 Å². The van der Waals surface area contributed by atoms with Gasteiger partial charge in [0.05, 0.1) is 5.02 Å². The smallest absolute Gasteiger partial charge is 0.408 e. The monoisotopic (exact) mass is 421 g/mol. The minimum absolute atomic E-state index is 0.0564. The first-order chi connectivity index (χ1) is 13.5. The lowest BCUT2D eigenvalue weighted by molar-refractivity contribution is -0.136. The van der Waals surface area contributed by atoms with E-state index in [9.17, 15) is 14.4 Å². The molecule has 3 rings (SSSR count). The molecule has 0 unspecified atom stereocenters. The zero-order valence-electron chi connectivity index (χ0n) is 16.9. The number of amides is 1. The van der Waals surface area contributed by atoms with Gasteiger partial charge in [0.15, 0.2) is 5.75 Å². The van der Waals surface area contributed by atoms with Crippen LogP contribution in [-0.4, -0.2) is 23.7 Å². The van der Waals surface area contributed by atoms with Crippen LogP contribution in [0.1, 0.15) is 51.7 Å². The van der Waals surface area contributed by atoms with Crippen molar-refractivity contribution in [3.8, 4) is 5.75 Å². The third-order valence-corrected chi connectivity index (χ3v) is 4.87. The molecule has 1 atom stereocenters. The van der Waals surface area contributed by atoms with Crippen LogP contribution >= 0.6 is 11.6 Å². The van der Waals surface area contributed by atoms with Crippen molar-refractivity contribution >= 4 is 34.6 Å². The minimum atomic E-state index is -0.966. The second kappa shape index (κ2) is 8.06. The molecule has 7 nitrogen and oxygen atoms in total. The zero-order chi connectivity index (χ0) is 21.3. The van der Waals surface area contributed by atoms with Gasteiger partial charge in [-0.1, -0.05) is 11.6 Å². The van der Waals surface area contributed by atoms with Gasteiger partial charge in [0, 0.05) is 17.0 Å². The molecule has 156 valence electrons. The minimum Gasteiger partial charge on any atom is -0.444 e. The second-order valence-electron chi connectivity index (χ2n) is 8.12. The van der Waals surface area contributed by atoms with Crippen molar-refractivity contribution in [2.45, 2.75) is 65.0 Å². The highest BCUT2D eigenvalue weighted by Gasteiger charge is 2.24. The molecule has 1 aliphatic rings. The maximum Gasteiger partial charge on any atom is 0.408 e. The fraction of sp³-hybridized carbons (Fsp3) is 0.476. The van der Waals surface area contributed by atoms with Gasteiger partial charge in [-0.3, -0.25) is 0 Å². The van der Waals surface area contributed by atoms with E-state index in [-0.39, 0.29) is 16.4 Å². The Morgan fingerprint density at radius 3 is 2.48 bits per heavy atom. The lowest BCUT2D eigenvalue weighted by atomic mass is 9.91. The van der Waals surface area contributed by atoms with E-state index >= 15 is 0 Å². The van der Waals surface area contributed by atoms with Crippen LogP contribution in [-0.2, 0) is 22.4 Å². The molecule has 29 heavy (non-hydrogen) atoms. The summed E-state index contributed by atoms with van der Waals surface area (Å²) in [5.41, 5.74) is 0.899. The van der Waals surface area contributed by atoms with Crippen molar-refractivity contribution in [1.29, 1.82) is 0 Å². The molecule has 0 spiro atoms. The highest BCUT2D eigenvalue weighted by Crippen LogP contribution is 2.34. The number of carbonyl (C=O) groups excluding carboxylic acids is 2. The molecule has 0 fully saturated rings. The van der Waals surface area contributed by atoms with Crippen LogP contribution in [0.5, 0.6) is 5.75 Å². The van der Waals surface area contributed by atoms with Crippen LogP contribution in [0.3, 0.4) is 0 Å². The molecule has 1 aromatic carbocycles. The molecule has 0 bridgehead atoms. The quantitative estimate of drug-likeness (QED) is 0.454. The van der Waals surface area contributed by atoms with E-state index in [0.29, 0.717) is 17.6 Å². The molecule has 1 N–H and O–H groups in total. The van der Waals surface area contributed by atoms with Gasteiger partial charge in [0.25, 0.3) is 0 Å². The van der Waals surface area contributed by atoms with Crippen molar-refractivity contribution in [2.75, 3.05) is 0 Å². The summed E-state index contributed by atoms with van der Waals surface area (Å²) in [6, 6.07) is 2.12. The molecule has 0 aliphatic heterocycles. The largest absolute Gasteiger partial charge is 0.444 e. The standard InChI is InChI=1S/C21H24ClNO6/c1-11(23-20(26)29-21(2,3)4)18(24)28-17-10-16-14(9-15(17)22)12-7-5-6-8-13(12)19(25)27-16/h9-11H,5-8H2,1-4H3,(H,23,26)/t11-/m1/s1. The zero-order valence-corrected chi connectivity index (χ0v) is 17.6. The fourth-order valence-electron chi connectivity index (χ4n) is 3.26. The number of hydrogen-bond acceptors (Lipinski definition) is 6. The Balaban J connectivity index is 1.81. The molecule has 1 amide bonds. The first-order valence-electron chi connectivity index (χ1n) is 9.54. The van der Waals surface area contributed by atoms with Crippen molar-refractivity contribution in [3.63, 3.8) is 0 Å². The lowest BCUT2D eigenvalue weighted by Crippen LogP contribution is -2.43. The number of fused-ring (bicyclic) bond motifs is 3. The summed E-state index contributed by atoms with van der Waals surface area (Å²) in [5.74, 6) is -0.668. The molecule has 2 aromatic rings. The summed E-state index contributed by atoms with van der Waals surface area (Å²) in [4.78, 5) is 36.5. The third-order valence-electron chi connectivity index (χ3n) is 4.57. The van der Waals surface area contributed by atoms with Gasteiger partial charge in [-0.25, -0.2) is 14.4 Å². The number of benzene rings is 1. The van der Waals surface area contributed by atoms with E-state index in [1.807, 2.05) is 0 Å². The molecule has 8 heteroatoms. The van der Waals surface area contributed by atoms with E-state index < -0.39 is 23.7 Å². The fourth-order valence-corrected chi connectivity index (χ4v) is 3.46. The predicted molar refractivity (Wildman–Crippen MR) is 109 cm³/mol. The summed E-state index contributed by atoms with van der Waals surface area (Å²) in [6.07, 6.45) is 2.69. The van der Waals surface area contributed by atoms with Crippen molar-refractivity contribution in [2.24, 2.45) is 0 Å². The van der Waals surface area contributed by atoms with Crippen LogP contribution < -0.4 is 15.7 Å². The summed E-state index contributed by atoms with van der Waals surface area (Å²) in [7, 11) is 0. The second-order valence-corrected chi connectivity index (χ2v) is 8.53. The highest BCUT2D eigenvalue weighted by molar-refractivity contribution is 6.33. The first-order valence-corrected chi connectivity index (χ1v) is 9.92. The van der Waals surface area contributed by atoms with Crippen molar-refractivity contribution in [3.05, 3.63) is 38.7 Å². The van der Waals surface area contributed by atoms with Crippen LogP contribution in [0.4, 0.5) is 4.79 Å². The Labute approximate surface area is 173 Å². The Morgan fingerprint density at radius 1 is 1.17 bits per heavy atom. The van der Waals surface area contributed by atoms with Crippen LogP contribution in [0.15, 0.2) is 21.3 Å². The SMILES string of the molecule is C[C@@H](NC(=O)OC(C)(C)C)C(=O)Oc1cc2oc(=O)c3c(c2cc1Cl)CCCC3. The molecule has 1 aromatic heterocycles. The number of alkyl carbamates (subject to hydrolysis) is 1. The predicted octanol–water partition coefficient (Wildman–Crippen LogP) is 4.14. The van der Waals surface area contributed by atoms with E-state index in [2.05, 4.69) is 5.32 Å². The van der Waals surface area contributed by atoms with Gasteiger partial charge >= 0.3 is 17.7 Å². The molecule has 0 saturated carbocycles. The van der Waals surface area contributed by atoms with Crippen LogP contribution in [0.25, 0.3) is 11.0 Å². The Bertz CT molecular complexity index is 1020. The molecular formula is C21H24ClNO6. The summed E-state index contributed by atoms with van der Waals surface area (Å²) in [5, 5.41) is 3.38. The van der Waals surface area contributed by atoms with E-state index in [1.54, 1.807) is 26.8 Å². The molecule has 0 radical (unpaired) electrons. The molecular weight excluding hydrogens is 398 g/mol. The van der Waals surface area contributed by atoms with Gasteiger partial charge in [-0.15, -0.1) is 0 Å². The maximum absolute atomic E-state index is 12.4. The number of ether oxygens (including phenoxy) is 2. The highest BCUT2D eigenvalue weighted by atomic mass is 35.5. The number of carbonyl (C=O) groups is 2. The number of nitrogens with one attached hydrogen (secondary N) is 1. The summed E-state index contributed by atoms with van der Waals surface area (Å²) in [6.45, 7) is 6.63. The third kappa shape index (κ3) is 4.90. The number of halogens is 1. The van der Waals surface area contributed by atoms with Gasteiger partial charge in [0.2, 0.25) is 0 Å². The number of rotatable bonds is 3. The lowest BCUT2D eigenvalue weighted by Gasteiger charge is -2.21. The van der Waals surface area contributed by atoms with E-state index in [4.69, 9.17) is 25.5 Å². The first kappa shape index (κ1) is 21.2. The van der Waals surface area contributed by atoms with Gasteiger partial charge in [0.1, 0.15) is 17.2 Å². The number of esters is 1. The summed E-state index contributed by atoms with van der Waals surface area (Å²) < 4.78 is 15.9. The number of aryl methyl sites for hydroxylation is 1. The van der Waals surface area contributed by atoms with Crippen molar-refractivity contribution < 1.29 is 23.5 Å².